The molecule has 0 saturated carbocycles. The van der Waals surface area contributed by atoms with Gasteiger partial charge in [0.15, 0.2) is 0 Å². The van der Waals surface area contributed by atoms with Gasteiger partial charge in [-0.3, -0.25) is 0 Å². The molecule has 3 heteroatoms. The Morgan fingerprint density at radius 1 is 1.82 bits per heavy atom. The Labute approximate surface area is 75.0 Å². The van der Waals surface area contributed by atoms with E-state index in [1.807, 2.05) is 18.4 Å². The standard InChI is InChI=1S/C8H9NS2/c1-2-7(6-9)11-8-4-3-5-10-8/h3-5,7H,2H2,1H3. The third-order valence-corrected chi connectivity index (χ3v) is 3.60. The van der Waals surface area contributed by atoms with Gasteiger partial charge in [0.25, 0.3) is 0 Å². The number of rotatable bonds is 3. The number of hydrogen-bond acceptors (Lipinski definition) is 3. The van der Waals surface area contributed by atoms with Gasteiger partial charge in [0.05, 0.1) is 15.5 Å². The fraction of sp³-hybridized carbons (Fsp3) is 0.375. The van der Waals surface area contributed by atoms with Crippen LogP contribution in [0.15, 0.2) is 21.7 Å². The summed E-state index contributed by atoms with van der Waals surface area (Å²) in [6.07, 6.45) is 0.916. The largest absolute Gasteiger partial charge is 0.197 e. The van der Waals surface area contributed by atoms with E-state index in [1.54, 1.807) is 23.1 Å². The lowest BCUT2D eigenvalue weighted by molar-refractivity contribution is 0.986. The molecule has 1 unspecified atom stereocenters. The highest BCUT2D eigenvalue weighted by Gasteiger charge is 2.05. The van der Waals surface area contributed by atoms with Crippen LogP contribution in [-0.2, 0) is 0 Å². The van der Waals surface area contributed by atoms with E-state index in [-0.39, 0.29) is 5.25 Å². The molecule has 58 valence electrons. The zero-order valence-electron chi connectivity index (χ0n) is 6.28. The van der Waals surface area contributed by atoms with E-state index in [0.717, 1.165) is 6.42 Å². The van der Waals surface area contributed by atoms with Crippen LogP contribution in [0, 0.1) is 11.3 Å². The van der Waals surface area contributed by atoms with Crippen molar-refractivity contribution >= 4 is 23.1 Å². The van der Waals surface area contributed by atoms with Crippen molar-refractivity contribution in [1.29, 1.82) is 5.26 Å². The Morgan fingerprint density at radius 2 is 2.64 bits per heavy atom. The maximum atomic E-state index is 8.66. The van der Waals surface area contributed by atoms with E-state index >= 15 is 0 Å². The highest BCUT2D eigenvalue weighted by atomic mass is 32.2. The van der Waals surface area contributed by atoms with Crippen molar-refractivity contribution < 1.29 is 0 Å². The van der Waals surface area contributed by atoms with Crippen molar-refractivity contribution in [2.24, 2.45) is 0 Å². The lowest BCUT2D eigenvalue weighted by atomic mass is 10.4. The first-order chi connectivity index (χ1) is 5.36. The molecule has 0 aliphatic carbocycles. The third kappa shape index (κ3) is 2.57. The second-order valence-electron chi connectivity index (χ2n) is 2.08. The minimum atomic E-state index is 0.119. The van der Waals surface area contributed by atoms with Gasteiger partial charge in [-0.1, -0.05) is 24.8 Å². The van der Waals surface area contributed by atoms with Gasteiger partial charge in [-0.15, -0.1) is 11.3 Å². The fourth-order valence-corrected chi connectivity index (χ4v) is 2.51. The number of thiophene rings is 1. The molecule has 1 aromatic heterocycles. The van der Waals surface area contributed by atoms with Crippen LogP contribution in [0.4, 0.5) is 0 Å². The Bertz CT molecular complexity index is 235. The average Bonchev–Trinajstić information content (AvgIpc) is 2.52. The van der Waals surface area contributed by atoms with E-state index in [1.165, 1.54) is 4.21 Å². The lowest BCUT2D eigenvalue weighted by Crippen LogP contribution is -1.93. The molecule has 0 radical (unpaired) electrons. The van der Waals surface area contributed by atoms with Gasteiger partial charge >= 0.3 is 0 Å². The molecule has 0 bridgehead atoms. The molecule has 1 atom stereocenters. The van der Waals surface area contributed by atoms with Crippen molar-refractivity contribution in [3.63, 3.8) is 0 Å². The van der Waals surface area contributed by atoms with Crippen LogP contribution in [-0.4, -0.2) is 5.25 Å². The summed E-state index contributed by atoms with van der Waals surface area (Å²) in [5.41, 5.74) is 0. The average molecular weight is 183 g/mol. The quantitative estimate of drug-likeness (QED) is 0.672. The Kier molecular flexibility index (Phi) is 3.47. The van der Waals surface area contributed by atoms with Gasteiger partial charge < -0.3 is 0 Å². The summed E-state index contributed by atoms with van der Waals surface area (Å²) in [5.74, 6) is 0. The van der Waals surface area contributed by atoms with Crippen molar-refractivity contribution in [3.8, 4) is 6.07 Å². The first kappa shape index (κ1) is 8.63. The minimum absolute atomic E-state index is 0.119. The zero-order valence-corrected chi connectivity index (χ0v) is 7.91. The monoisotopic (exact) mass is 183 g/mol. The van der Waals surface area contributed by atoms with E-state index in [0.29, 0.717) is 0 Å². The van der Waals surface area contributed by atoms with Crippen LogP contribution >= 0.6 is 23.1 Å². The summed E-state index contributed by atoms with van der Waals surface area (Å²) in [7, 11) is 0. The van der Waals surface area contributed by atoms with Gasteiger partial charge in [0, 0.05) is 0 Å². The SMILES string of the molecule is CCC(C#N)Sc1cccs1. The van der Waals surface area contributed by atoms with Crippen LogP contribution in [0.25, 0.3) is 0 Å². The molecule has 0 aromatic carbocycles. The smallest absolute Gasteiger partial charge is 0.0968 e. The minimum Gasteiger partial charge on any atom is -0.197 e. The maximum absolute atomic E-state index is 8.66. The Hall–Kier alpha value is -0.460. The molecular formula is C8H9NS2. The maximum Gasteiger partial charge on any atom is 0.0968 e. The third-order valence-electron chi connectivity index (χ3n) is 1.27. The van der Waals surface area contributed by atoms with Gasteiger partial charge in [-0.2, -0.15) is 5.26 Å². The summed E-state index contributed by atoms with van der Waals surface area (Å²) in [5, 5.41) is 10.8. The van der Waals surface area contributed by atoms with Crippen LogP contribution in [0.3, 0.4) is 0 Å². The molecule has 0 aliphatic rings. The lowest BCUT2D eigenvalue weighted by Gasteiger charge is -2.00. The summed E-state index contributed by atoms with van der Waals surface area (Å²) in [6, 6.07) is 6.32. The molecule has 0 spiro atoms. The zero-order chi connectivity index (χ0) is 8.10. The van der Waals surface area contributed by atoms with Gasteiger partial charge in [0.2, 0.25) is 0 Å². The highest BCUT2D eigenvalue weighted by molar-refractivity contribution is 8.01. The fourth-order valence-electron chi connectivity index (χ4n) is 0.672. The molecule has 0 amide bonds. The van der Waals surface area contributed by atoms with E-state index in [9.17, 15) is 0 Å². The van der Waals surface area contributed by atoms with Crippen LogP contribution in [0.2, 0.25) is 0 Å². The van der Waals surface area contributed by atoms with Gasteiger partial charge in [-0.05, 0) is 17.9 Å². The second-order valence-corrected chi connectivity index (χ2v) is 4.53. The van der Waals surface area contributed by atoms with Crippen molar-refractivity contribution in [1.82, 2.24) is 0 Å². The number of hydrogen-bond donors (Lipinski definition) is 0. The number of thioether (sulfide) groups is 1. The Morgan fingerprint density at radius 3 is 3.09 bits per heavy atom. The van der Waals surface area contributed by atoms with Gasteiger partial charge in [-0.25, -0.2) is 0 Å². The second kappa shape index (κ2) is 4.42. The van der Waals surface area contributed by atoms with Crippen LogP contribution < -0.4 is 0 Å². The first-order valence-corrected chi connectivity index (χ1v) is 5.22. The predicted molar refractivity (Wildman–Crippen MR) is 49.9 cm³/mol. The molecule has 0 aliphatic heterocycles. The summed E-state index contributed by atoms with van der Waals surface area (Å²) in [6.45, 7) is 2.04. The molecule has 1 aromatic rings. The van der Waals surface area contributed by atoms with Crippen LogP contribution in [0.5, 0.6) is 0 Å². The summed E-state index contributed by atoms with van der Waals surface area (Å²) >= 11 is 3.35. The van der Waals surface area contributed by atoms with E-state index in [4.69, 9.17) is 5.26 Å². The van der Waals surface area contributed by atoms with E-state index in [2.05, 4.69) is 12.1 Å². The molecule has 1 nitrogen and oxygen atoms in total. The molecular weight excluding hydrogens is 174 g/mol. The summed E-state index contributed by atoms with van der Waals surface area (Å²) < 4.78 is 1.23. The molecule has 0 N–H and O–H groups in total. The molecule has 0 fully saturated rings. The van der Waals surface area contributed by atoms with Crippen molar-refractivity contribution in [2.75, 3.05) is 0 Å². The number of nitriles is 1. The van der Waals surface area contributed by atoms with Crippen LogP contribution in [0.1, 0.15) is 13.3 Å². The predicted octanol–water partition coefficient (Wildman–Crippen LogP) is 3.14. The Balaban J connectivity index is 2.49. The molecule has 0 saturated heterocycles. The van der Waals surface area contributed by atoms with Gasteiger partial charge in [0.1, 0.15) is 0 Å². The topological polar surface area (TPSA) is 23.8 Å². The molecule has 1 rings (SSSR count). The highest BCUT2D eigenvalue weighted by Crippen LogP contribution is 2.28. The summed E-state index contributed by atoms with van der Waals surface area (Å²) in [4.78, 5) is 0. The molecule has 11 heavy (non-hydrogen) atoms. The number of nitrogens with zero attached hydrogens (tertiary/aromatic N) is 1. The van der Waals surface area contributed by atoms with Crippen molar-refractivity contribution in [2.45, 2.75) is 22.8 Å². The van der Waals surface area contributed by atoms with E-state index < -0.39 is 0 Å². The normalized spacial score (nSPS) is 12.4. The van der Waals surface area contributed by atoms with Crippen molar-refractivity contribution in [3.05, 3.63) is 17.5 Å². The first-order valence-electron chi connectivity index (χ1n) is 3.46. The molecule has 1 heterocycles.